The molecule has 23 heavy (non-hydrogen) atoms. The molecule has 1 fully saturated rings. The molecular formula is C18H24N4O. The van der Waals surface area contributed by atoms with E-state index in [2.05, 4.69) is 39.6 Å². The molecular weight excluding hydrogens is 288 g/mol. The standard InChI is InChI=1S/C18H24N4O/c1-21-10-7-17(20-21)13-18(23)19-16-8-11-22(12-9-16)14-15-5-3-2-4-6-15/h2-7,10,16H,8-9,11-14H2,1H3,(H,19,23). The van der Waals surface area contributed by atoms with Crippen LogP contribution in [0, 0.1) is 0 Å². The molecule has 0 atom stereocenters. The maximum absolute atomic E-state index is 12.1. The number of aryl methyl sites for hydroxylation is 1. The van der Waals surface area contributed by atoms with Crippen LogP contribution in [-0.4, -0.2) is 39.7 Å². The van der Waals surface area contributed by atoms with Crippen molar-refractivity contribution < 1.29 is 4.79 Å². The number of aromatic nitrogens is 2. The number of carbonyl (C=O) groups is 1. The van der Waals surface area contributed by atoms with Gasteiger partial charge in [-0.1, -0.05) is 30.3 Å². The Labute approximate surface area is 137 Å². The van der Waals surface area contributed by atoms with Crippen LogP contribution in [0.15, 0.2) is 42.6 Å². The second-order valence-corrected chi connectivity index (χ2v) is 6.26. The number of piperidine rings is 1. The van der Waals surface area contributed by atoms with Gasteiger partial charge in [0.05, 0.1) is 12.1 Å². The lowest BCUT2D eigenvalue weighted by molar-refractivity contribution is -0.121. The molecule has 1 aliphatic rings. The Bertz CT molecular complexity index is 629. The molecule has 1 amide bonds. The summed E-state index contributed by atoms with van der Waals surface area (Å²) in [6, 6.07) is 12.7. The molecule has 0 spiro atoms. The van der Waals surface area contributed by atoms with Crippen LogP contribution in [0.25, 0.3) is 0 Å². The number of nitrogens with zero attached hydrogens (tertiary/aromatic N) is 3. The van der Waals surface area contributed by atoms with Gasteiger partial charge in [0.2, 0.25) is 5.91 Å². The smallest absolute Gasteiger partial charge is 0.226 e. The first-order chi connectivity index (χ1) is 11.2. The number of benzene rings is 1. The summed E-state index contributed by atoms with van der Waals surface area (Å²) in [4.78, 5) is 14.5. The Morgan fingerprint density at radius 3 is 2.61 bits per heavy atom. The van der Waals surface area contributed by atoms with Crippen molar-refractivity contribution in [1.82, 2.24) is 20.0 Å². The van der Waals surface area contributed by atoms with E-state index in [0.29, 0.717) is 12.5 Å². The third-order valence-corrected chi connectivity index (χ3v) is 4.31. The predicted octanol–water partition coefficient (Wildman–Crippen LogP) is 1.74. The van der Waals surface area contributed by atoms with Gasteiger partial charge in [-0.25, -0.2) is 0 Å². The van der Waals surface area contributed by atoms with Crippen molar-refractivity contribution in [2.24, 2.45) is 7.05 Å². The summed E-state index contributed by atoms with van der Waals surface area (Å²) in [5.41, 5.74) is 2.18. The fraction of sp³-hybridized carbons (Fsp3) is 0.444. The fourth-order valence-corrected chi connectivity index (χ4v) is 3.08. The minimum absolute atomic E-state index is 0.0743. The molecule has 2 heterocycles. The lowest BCUT2D eigenvalue weighted by Gasteiger charge is -2.32. The molecule has 0 aliphatic carbocycles. The molecule has 0 bridgehead atoms. The Kier molecular flexibility index (Phi) is 5.08. The van der Waals surface area contributed by atoms with E-state index >= 15 is 0 Å². The van der Waals surface area contributed by atoms with Crippen molar-refractivity contribution in [3.8, 4) is 0 Å². The number of amides is 1. The van der Waals surface area contributed by atoms with E-state index in [0.717, 1.165) is 38.2 Å². The molecule has 122 valence electrons. The van der Waals surface area contributed by atoms with Crippen LogP contribution >= 0.6 is 0 Å². The van der Waals surface area contributed by atoms with Gasteiger partial charge in [-0.2, -0.15) is 5.10 Å². The largest absolute Gasteiger partial charge is 0.353 e. The highest BCUT2D eigenvalue weighted by Crippen LogP contribution is 2.14. The van der Waals surface area contributed by atoms with E-state index in [4.69, 9.17) is 0 Å². The topological polar surface area (TPSA) is 50.2 Å². The summed E-state index contributed by atoms with van der Waals surface area (Å²) in [6.45, 7) is 3.06. The maximum atomic E-state index is 12.1. The summed E-state index contributed by atoms with van der Waals surface area (Å²) in [5, 5.41) is 7.40. The lowest BCUT2D eigenvalue weighted by atomic mass is 10.0. The zero-order valence-corrected chi connectivity index (χ0v) is 13.6. The monoisotopic (exact) mass is 312 g/mol. The van der Waals surface area contributed by atoms with Gasteiger partial charge in [0, 0.05) is 38.9 Å². The highest BCUT2D eigenvalue weighted by molar-refractivity contribution is 5.78. The van der Waals surface area contributed by atoms with Crippen LogP contribution in [0.5, 0.6) is 0 Å². The Hall–Kier alpha value is -2.14. The van der Waals surface area contributed by atoms with Gasteiger partial charge in [-0.15, -0.1) is 0 Å². The minimum atomic E-state index is 0.0743. The van der Waals surface area contributed by atoms with E-state index in [1.165, 1.54) is 5.56 Å². The third-order valence-electron chi connectivity index (χ3n) is 4.31. The highest BCUT2D eigenvalue weighted by Gasteiger charge is 2.20. The molecule has 0 unspecified atom stereocenters. The normalized spacial score (nSPS) is 16.4. The Morgan fingerprint density at radius 2 is 1.96 bits per heavy atom. The van der Waals surface area contributed by atoms with Gasteiger partial charge in [-0.3, -0.25) is 14.4 Å². The highest BCUT2D eigenvalue weighted by atomic mass is 16.1. The first-order valence-electron chi connectivity index (χ1n) is 8.23. The first kappa shape index (κ1) is 15.7. The molecule has 0 radical (unpaired) electrons. The van der Waals surface area contributed by atoms with Crippen LogP contribution in [0.3, 0.4) is 0 Å². The molecule has 1 N–H and O–H groups in total. The SMILES string of the molecule is Cn1ccc(CC(=O)NC2CCN(Cc3ccccc3)CC2)n1. The molecule has 1 aromatic heterocycles. The quantitative estimate of drug-likeness (QED) is 0.915. The number of rotatable bonds is 5. The number of hydrogen-bond acceptors (Lipinski definition) is 3. The average Bonchev–Trinajstić information content (AvgIpc) is 2.95. The van der Waals surface area contributed by atoms with E-state index in [1.807, 2.05) is 25.4 Å². The van der Waals surface area contributed by atoms with E-state index < -0.39 is 0 Å². The molecule has 0 saturated carbocycles. The zero-order chi connectivity index (χ0) is 16.1. The Balaban J connectivity index is 1.41. The van der Waals surface area contributed by atoms with Crippen LogP contribution < -0.4 is 5.32 Å². The van der Waals surface area contributed by atoms with Crippen LogP contribution in [0.1, 0.15) is 24.1 Å². The van der Waals surface area contributed by atoms with E-state index in [-0.39, 0.29) is 5.91 Å². The fourth-order valence-electron chi connectivity index (χ4n) is 3.08. The molecule has 1 aromatic carbocycles. The summed E-state index contributed by atoms with van der Waals surface area (Å²) >= 11 is 0. The maximum Gasteiger partial charge on any atom is 0.226 e. The molecule has 1 saturated heterocycles. The van der Waals surface area contributed by atoms with Crippen molar-refractivity contribution in [2.75, 3.05) is 13.1 Å². The van der Waals surface area contributed by atoms with Crippen molar-refractivity contribution in [3.63, 3.8) is 0 Å². The Morgan fingerprint density at radius 1 is 1.22 bits per heavy atom. The predicted molar refractivity (Wildman–Crippen MR) is 89.8 cm³/mol. The van der Waals surface area contributed by atoms with Crippen LogP contribution in [-0.2, 0) is 24.8 Å². The molecule has 5 heteroatoms. The number of carbonyl (C=O) groups excluding carboxylic acids is 1. The van der Waals surface area contributed by atoms with Crippen molar-refractivity contribution in [3.05, 3.63) is 53.9 Å². The average molecular weight is 312 g/mol. The second-order valence-electron chi connectivity index (χ2n) is 6.26. The molecule has 1 aliphatic heterocycles. The summed E-state index contributed by atoms with van der Waals surface area (Å²) in [5.74, 6) is 0.0743. The number of likely N-dealkylation sites (tertiary alicyclic amines) is 1. The summed E-state index contributed by atoms with van der Waals surface area (Å²) in [7, 11) is 1.86. The third kappa shape index (κ3) is 4.66. The van der Waals surface area contributed by atoms with Gasteiger partial charge in [0.1, 0.15) is 0 Å². The van der Waals surface area contributed by atoms with Gasteiger partial charge >= 0.3 is 0 Å². The lowest BCUT2D eigenvalue weighted by Crippen LogP contribution is -2.44. The summed E-state index contributed by atoms with van der Waals surface area (Å²) in [6.07, 6.45) is 4.26. The first-order valence-corrected chi connectivity index (χ1v) is 8.23. The number of hydrogen-bond donors (Lipinski definition) is 1. The van der Waals surface area contributed by atoms with E-state index in [1.54, 1.807) is 4.68 Å². The van der Waals surface area contributed by atoms with Crippen LogP contribution in [0.4, 0.5) is 0 Å². The van der Waals surface area contributed by atoms with Crippen molar-refractivity contribution >= 4 is 5.91 Å². The van der Waals surface area contributed by atoms with Gasteiger partial charge in [0.15, 0.2) is 0 Å². The van der Waals surface area contributed by atoms with Crippen molar-refractivity contribution in [2.45, 2.75) is 31.8 Å². The van der Waals surface area contributed by atoms with Crippen molar-refractivity contribution in [1.29, 1.82) is 0 Å². The van der Waals surface area contributed by atoms with Gasteiger partial charge in [-0.05, 0) is 24.5 Å². The minimum Gasteiger partial charge on any atom is -0.353 e. The van der Waals surface area contributed by atoms with E-state index in [9.17, 15) is 4.79 Å². The zero-order valence-electron chi connectivity index (χ0n) is 13.6. The number of nitrogens with one attached hydrogen (secondary N) is 1. The van der Waals surface area contributed by atoms with Gasteiger partial charge in [0.25, 0.3) is 0 Å². The van der Waals surface area contributed by atoms with Gasteiger partial charge < -0.3 is 5.32 Å². The summed E-state index contributed by atoms with van der Waals surface area (Å²) < 4.78 is 1.73. The molecule has 3 rings (SSSR count). The van der Waals surface area contributed by atoms with Crippen LogP contribution in [0.2, 0.25) is 0 Å². The second kappa shape index (κ2) is 7.42. The molecule has 2 aromatic rings. The molecule has 5 nitrogen and oxygen atoms in total.